The minimum Gasteiger partial charge on any atom is -0.384 e. The molecule has 1 aromatic heterocycles. The van der Waals surface area contributed by atoms with Crippen molar-refractivity contribution in [2.45, 2.75) is 25.9 Å². The average molecular weight is 314 g/mol. The van der Waals surface area contributed by atoms with Crippen molar-refractivity contribution in [2.75, 3.05) is 0 Å². The van der Waals surface area contributed by atoms with Crippen molar-refractivity contribution >= 4 is 15.9 Å². The minimum atomic E-state index is -1.06. The largest absolute Gasteiger partial charge is 0.384 e. The standard InChI is InChI=1S/C12H13BrFN3O/c1-3-12(2,18)10-7-17(16-15-10)11-8(13)5-4-6-9(11)14/h4-7,18H,3H2,1-2H3. The van der Waals surface area contributed by atoms with Gasteiger partial charge in [0.2, 0.25) is 0 Å². The van der Waals surface area contributed by atoms with E-state index < -0.39 is 11.4 Å². The lowest BCUT2D eigenvalue weighted by molar-refractivity contribution is 0.0484. The first-order valence-electron chi connectivity index (χ1n) is 5.55. The van der Waals surface area contributed by atoms with Crippen LogP contribution in [0.15, 0.2) is 28.9 Å². The summed E-state index contributed by atoms with van der Waals surface area (Å²) < 4.78 is 15.6. The number of nitrogens with zero attached hydrogens (tertiary/aromatic N) is 3. The molecule has 0 aliphatic rings. The Hall–Kier alpha value is -1.27. The molecular formula is C12H13BrFN3O. The van der Waals surface area contributed by atoms with Crippen LogP contribution in [0.5, 0.6) is 0 Å². The molecule has 1 heterocycles. The second-order valence-electron chi connectivity index (χ2n) is 4.25. The van der Waals surface area contributed by atoms with E-state index in [-0.39, 0.29) is 5.69 Å². The van der Waals surface area contributed by atoms with Crippen LogP contribution < -0.4 is 0 Å². The summed E-state index contributed by atoms with van der Waals surface area (Å²) in [5.74, 6) is -0.406. The molecule has 0 aliphatic carbocycles. The van der Waals surface area contributed by atoms with Gasteiger partial charge >= 0.3 is 0 Å². The molecule has 0 radical (unpaired) electrons. The maximum atomic E-state index is 13.7. The summed E-state index contributed by atoms with van der Waals surface area (Å²) in [6.45, 7) is 3.50. The van der Waals surface area contributed by atoms with Gasteiger partial charge in [-0.15, -0.1) is 5.10 Å². The van der Waals surface area contributed by atoms with E-state index in [1.165, 1.54) is 16.9 Å². The fourth-order valence-corrected chi connectivity index (χ4v) is 2.03. The summed E-state index contributed by atoms with van der Waals surface area (Å²) in [6.07, 6.45) is 2.04. The molecule has 96 valence electrons. The summed E-state index contributed by atoms with van der Waals surface area (Å²) >= 11 is 3.27. The highest BCUT2D eigenvalue weighted by Crippen LogP contribution is 2.26. The van der Waals surface area contributed by atoms with Gasteiger partial charge in [0.15, 0.2) is 0 Å². The predicted molar refractivity (Wildman–Crippen MR) is 68.9 cm³/mol. The van der Waals surface area contributed by atoms with Crippen LogP contribution in [0.4, 0.5) is 4.39 Å². The van der Waals surface area contributed by atoms with Gasteiger partial charge in [0.25, 0.3) is 0 Å². The summed E-state index contributed by atoms with van der Waals surface area (Å²) in [5.41, 5.74) is -0.362. The number of hydrogen-bond acceptors (Lipinski definition) is 3. The molecule has 2 rings (SSSR count). The van der Waals surface area contributed by atoms with Crippen molar-refractivity contribution in [1.82, 2.24) is 15.0 Å². The molecule has 0 fully saturated rings. The molecular weight excluding hydrogens is 301 g/mol. The first-order chi connectivity index (χ1) is 8.45. The van der Waals surface area contributed by atoms with Crippen LogP contribution in [0.2, 0.25) is 0 Å². The van der Waals surface area contributed by atoms with Gasteiger partial charge in [0.1, 0.15) is 22.8 Å². The number of aliphatic hydroxyl groups is 1. The molecule has 1 N–H and O–H groups in total. The van der Waals surface area contributed by atoms with Gasteiger partial charge in [0.05, 0.1) is 6.20 Å². The van der Waals surface area contributed by atoms with Crippen LogP contribution in [-0.4, -0.2) is 20.1 Å². The Labute approximate surface area is 113 Å². The number of hydrogen-bond donors (Lipinski definition) is 1. The fourth-order valence-electron chi connectivity index (χ4n) is 1.51. The van der Waals surface area contributed by atoms with Crippen LogP contribution in [0.1, 0.15) is 26.0 Å². The zero-order valence-corrected chi connectivity index (χ0v) is 11.6. The summed E-state index contributed by atoms with van der Waals surface area (Å²) in [6, 6.07) is 4.67. The summed E-state index contributed by atoms with van der Waals surface area (Å²) in [5, 5.41) is 17.8. The lowest BCUT2D eigenvalue weighted by Gasteiger charge is -2.17. The topological polar surface area (TPSA) is 50.9 Å². The molecule has 4 nitrogen and oxygen atoms in total. The Morgan fingerprint density at radius 1 is 1.50 bits per heavy atom. The zero-order valence-electron chi connectivity index (χ0n) is 10.1. The molecule has 0 saturated carbocycles. The van der Waals surface area contributed by atoms with E-state index >= 15 is 0 Å². The third-order valence-corrected chi connectivity index (χ3v) is 3.54. The summed E-state index contributed by atoms with van der Waals surface area (Å²) in [4.78, 5) is 0. The first kappa shape index (κ1) is 13.2. The third-order valence-electron chi connectivity index (χ3n) is 2.90. The van der Waals surface area contributed by atoms with Crippen molar-refractivity contribution in [1.29, 1.82) is 0 Å². The highest BCUT2D eigenvalue weighted by molar-refractivity contribution is 9.10. The van der Waals surface area contributed by atoms with Crippen LogP contribution in [0.3, 0.4) is 0 Å². The van der Waals surface area contributed by atoms with Crippen LogP contribution >= 0.6 is 15.9 Å². The van der Waals surface area contributed by atoms with Gasteiger partial charge in [0, 0.05) is 4.47 Å². The van der Waals surface area contributed by atoms with Crippen molar-refractivity contribution in [3.05, 3.63) is 40.4 Å². The number of benzene rings is 1. The Balaban J connectivity index is 2.48. The van der Waals surface area contributed by atoms with Crippen LogP contribution in [0, 0.1) is 5.82 Å². The molecule has 18 heavy (non-hydrogen) atoms. The highest BCUT2D eigenvalue weighted by atomic mass is 79.9. The van der Waals surface area contributed by atoms with Crippen LogP contribution in [0.25, 0.3) is 5.69 Å². The molecule has 0 amide bonds. The second-order valence-corrected chi connectivity index (χ2v) is 5.10. The zero-order chi connectivity index (χ0) is 13.3. The smallest absolute Gasteiger partial charge is 0.150 e. The third kappa shape index (κ3) is 2.30. The molecule has 6 heteroatoms. The van der Waals surface area contributed by atoms with Crippen molar-refractivity contribution in [2.24, 2.45) is 0 Å². The van der Waals surface area contributed by atoms with E-state index in [1.807, 2.05) is 6.92 Å². The molecule has 2 aromatic rings. The van der Waals surface area contributed by atoms with Gasteiger partial charge in [-0.05, 0) is 41.4 Å². The predicted octanol–water partition coefficient (Wildman–Crippen LogP) is 2.79. The van der Waals surface area contributed by atoms with Gasteiger partial charge in [-0.3, -0.25) is 0 Å². The minimum absolute atomic E-state index is 0.281. The van der Waals surface area contributed by atoms with E-state index in [2.05, 4.69) is 26.2 Å². The van der Waals surface area contributed by atoms with Gasteiger partial charge in [-0.2, -0.15) is 0 Å². The van der Waals surface area contributed by atoms with Crippen molar-refractivity contribution in [3.63, 3.8) is 0 Å². The van der Waals surface area contributed by atoms with Crippen molar-refractivity contribution in [3.8, 4) is 5.69 Å². The van der Waals surface area contributed by atoms with E-state index in [0.717, 1.165) is 0 Å². The van der Waals surface area contributed by atoms with Gasteiger partial charge in [-0.1, -0.05) is 18.2 Å². The molecule has 0 aliphatic heterocycles. The monoisotopic (exact) mass is 313 g/mol. The van der Waals surface area contributed by atoms with Gasteiger partial charge < -0.3 is 5.11 Å². The lowest BCUT2D eigenvalue weighted by Crippen LogP contribution is -2.20. The molecule has 0 bridgehead atoms. The van der Waals surface area contributed by atoms with Crippen molar-refractivity contribution < 1.29 is 9.50 Å². The maximum Gasteiger partial charge on any atom is 0.150 e. The Kier molecular flexibility index (Phi) is 3.49. The fraction of sp³-hybridized carbons (Fsp3) is 0.333. The number of aromatic nitrogens is 3. The molecule has 0 spiro atoms. The molecule has 0 saturated heterocycles. The number of para-hydroxylation sites is 1. The average Bonchev–Trinajstić information content (AvgIpc) is 2.79. The molecule has 1 aromatic carbocycles. The SMILES string of the molecule is CCC(C)(O)c1cn(-c2c(F)cccc2Br)nn1. The molecule has 1 atom stereocenters. The first-order valence-corrected chi connectivity index (χ1v) is 6.34. The number of halogens is 2. The normalized spacial score (nSPS) is 14.5. The van der Waals surface area contributed by atoms with Crippen LogP contribution in [-0.2, 0) is 5.60 Å². The Morgan fingerprint density at radius 2 is 2.22 bits per heavy atom. The highest BCUT2D eigenvalue weighted by Gasteiger charge is 2.25. The van der Waals surface area contributed by atoms with E-state index in [0.29, 0.717) is 16.6 Å². The van der Waals surface area contributed by atoms with E-state index in [1.54, 1.807) is 19.1 Å². The Morgan fingerprint density at radius 3 is 2.83 bits per heavy atom. The maximum absolute atomic E-state index is 13.7. The van der Waals surface area contributed by atoms with E-state index in [4.69, 9.17) is 0 Å². The quantitative estimate of drug-likeness (QED) is 0.948. The van der Waals surface area contributed by atoms with E-state index in [9.17, 15) is 9.50 Å². The number of rotatable bonds is 3. The molecule has 1 unspecified atom stereocenters. The van der Waals surface area contributed by atoms with Gasteiger partial charge in [-0.25, -0.2) is 9.07 Å². The summed E-state index contributed by atoms with van der Waals surface area (Å²) in [7, 11) is 0. The lowest BCUT2D eigenvalue weighted by atomic mass is 10.0. The Bertz CT molecular complexity index is 548. The second kappa shape index (κ2) is 4.78.